The largest absolute Gasteiger partial charge is 0.379 e. The van der Waals surface area contributed by atoms with E-state index in [9.17, 15) is 9.59 Å². The van der Waals surface area contributed by atoms with Crippen LogP contribution in [0.3, 0.4) is 0 Å². The molecule has 0 saturated carbocycles. The summed E-state index contributed by atoms with van der Waals surface area (Å²) in [4.78, 5) is 55.1. The van der Waals surface area contributed by atoms with E-state index in [2.05, 4.69) is 49.6 Å². The molecule has 5 rings (SSSR count). The third-order valence-corrected chi connectivity index (χ3v) is 4.15. The van der Waals surface area contributed by atoms with Gasteiger partial charge in [0.1, 0.15) is 24.8 Å². The number of H-pyrrole nitrogens is 2. The number of nitriles is 2. The number of carbonyl (C=O) groups is 1. The van der Waals surface area contributed by atoms with Gasteiger partial charge in [-0.2, -0.15) is 10.5 Å². The number of aromatic amines is 2. The van der Waals surface area contributed by atoms with Gasteiger partial charge in [0.05, 0.1) is 0 Å². The van der Waals surface area contributed by atoms with Gasteiger partial charge in [0.15, 0.2) is 17.2 Å². The smallest absolute Gasteiger partial charge is 0.338 e. The van der Waals surface area contributed by atoms with Crippen LogP contribution in [0.4, 0.5) is 28.1 Å². The zero-order valence-corrected chi connectivity index (χ0v) is 18.8. The van der Waals surface area contributed by atoms with E-state index >= 15 is 0 Å². The summed E-state index contributed by atoms with van der Waals surface area (Å²) in [6.07, 6.45) is 9.17. The van der Waals surface area contributed by atoms with Crippen LogP contribution in [0, 0.1) is 35.8 Å². The summed E-state index contributed by atoms with van der Waals surface area (Å²) in [5.74, 6) is -0.293. The molecule has 0 saturated heterocycles. The molecule has 5 aromatic heterocycles. The third-order valence-electron chi connectivity index (χ3n) is 4.15. The molecule has 0 spiro atoms. The van der Waals surface area contributed by atoms with E-state index < -0.39 is 5.69 Å². The molecule has 0 radical (unpaired) electrons. The molecule has 38 heavy (non-hydrogen) atoms. The summed E-state index contributed by atoms with van der Waals surface area (Å²) >= 11 is 0. The summed E-state index contributed by atoms with van der Waals surface area (Å²) in [6.45, 7) is 13.4. The summed E-state index contributed by atoms with van der Waals surface area (Å²) in [7, 11) is 0. The number of nitrogens with two attached hydrogens (primary N) is 2. The molecule has 0 amide bonds. The fourth-order valence-corrected chi connectivity index (χ4v) is 2.48. The van der Waals surface area contributed by atoms with Crippen LogP contribution < -0.4 is 17.2 Å². The zero-order valence-electron chi connectivity index (χ0n) is 18.8. The zero-order chi connectivity index (χ0) is 27.7. The second-order valence-electron chi connectivity index (χ2n) is 6.51. The maximum atomic E-state index is 11.4. The molecule has 184 valence electrons. The van der Waals surface area contributed by atoms with E-state index in [0.29, 0.717) is 0 Å². The Morgan fingerprint density at radius 2 is 1.32 bits per heavy atom. The van der Waals surface area contributed by atoms with E-state index in [4.69, 9.17) is 35.1 Å². The highest BCUT2D eigenvalue weighted by molar-refractivity contribution is 5.78. The number of nitrogens with one attached hydrogen (secondary N) is 2. The number of aromatic nitrogens is 10. The molecule has 5 aromatic rings. The van der Waals surface area contributed by atoms with Crippen LogP contribution in [0.15, 0.2) is 42.2 Å². The molecule has 18 heteroatoms. The summed E-state index contributed by atoms with van der Waals surface area (Å²) < 4.78 is 2.75. The first-order valence-corrected chi connectivity index (χ1v) is 9.80. The van der Waals surface area contributed by atoms with Gasteiger partial charge in [0.25, 0.3) is 11.5 Å². The van der Waals surface area contributed by atoms with Crippen molar-refractivity contribution in [2.75, 3.05) is 11.5 Å². The molecule has 0 fully saturated rings. The van der Waals surface area contributed by atoms with Crippen molar-refractivity contribution < 1.29 is 4.79 Å². The van der Waals surface area contributed by atoms with E-state index in [1.165, 1.54) is 21.8 Å². The van der Waals surface area contributed by atoms with Crippen molar-refractivity contribution in [1.82, 2.24) is 49.0 Å². The number of rotatable bonds is 0. The number of carbonyl (C=O) groups excluding carboxylic acids is 1. The number of imidazole rings is 3. The number of hydrogen-bond donors (Lipinski definition) is 4. The molecule has 0 aliphatic heterocycles. The quantitative estimate of drug-likeness (QED) is 0.211. The number of anilines is 2. The molecule has 0 aromatic carbocycles. The molecule has 6 N–H and O–H groups in total. The number of nitrogen functional groups attached to an aromatic ring is 2. The minimum absolute atomic E-state index is 0.0278. The first kappa shape index (κ1) is 25.7. The van der Waals surface area contributed by atoms with Crippen molar-refractivity contribution in [2.24, 2.45) is 0 Å². The van der Waals surface area contributed by atoms with Crippen LogP contribution >= 0.6 is 0 Å². The van der Waals surface area contributed by atoms with Gasteiger partial charge in [-0.05, 0) is 0 Å². The first-order valence-electron chi connectivity index (χ1n) is 9.80. The number of fused-ring (bicyclic) bond motifs is 1. The van der Waals surface area contributed by atoms with E-state index in [0.717, 1.165) is 0 Å². The molecule has 0 bridgehead atoms. The lowest BCUT2D eigenvalue weighted by molar-refractivity contribution is 0.244. The normalized spacial score (nSPS) is 9.37. The minimum atomic E-state index is -0.467. The Bertz CT molecular complexity index is 1690. The maximum absolute atomic E-state index is 11.4. The Morgan fingerprint density at radius 1 is 0.842 bits per heavy atom. The topological polar surface area (TPSA) is 261 Å². The van der Waals surface area contributed by atoms with Crippen molar-refractivity contribution in [3.8, 4) is 12.1 Å². The lowest BCUT2D eigenvalue weighted by atomic mass is 10.4. The average molecular weight is 508 g/mol. The van der Waals surface area contributed by atoms with Crippen molar-refractivity contribution in [2.45, 2.75) is 0 Å². The summed E-state index contributed by atoms with van der Waals surface area (Å²) in [6, 6.07) is 3.23. The van der Waals surface area contributed by atoms with Crippen molar-refractivity contribution in [3.05, 3.63) is 82.1 Å². The standard InChI is InChI=1S/C7H2N6O.C7H6N4O.C6H4N6/c1-9-4-3(2-8)10-5-6(11-4)13-7(14)12-5;12-7(10-3-1-8-5-10)11-4-2-9-6-11;1-10-6-3(2-7)11-4(8)5(9)12-6/h(H2,10,11,12,13,14);1-6H;(H2,8,11)(H2,9,12). The van der Waals surface area contributed by atoms with E-state index in [1.807, 2.05) is 0 Å². The van der Waals surface area contributed by atoms with Gasteiger partial charge in [-0.15, -0.1) is 0 Å². The second kappa shape index (κ2) is 11.5. The summed E-state index contributed by atoms with van der Waals surface area (Å²) in [5.41, 5.74) is 10.2. The fourth-order valence-electron chi connectivity index (χ4n) is 2.48. The summed E-state index contributed by atoms with van der Waals surface area (Å²) in [5, 5.41) is 17.1. The molecule has 0 aliphatic rings. The number of hydrogen-bond acceptors (Lipinski definition) is 12. The first-order chi connectivity index (χ1) is 18.3. The van der Waals surface area contributed by atoms with Gasteiger partial charge < -0.3 is 21.2 Å². The highest BCUT2D eigenvalue weighted by atomic mass is 16.2. The molecular weight excluding hydrogens is 496 g/mol. The minimum Gasteiger partial charge on any atom is -0.379 e. The lowest BCUT2D eigenvalue weighted by Gasteiger charge is -1.98. The second-order valence-corrected chi connectivity index (χ2v) is 6.51. The Balaban J connectivity index is 0.000000159. The highest BCUT2D eigenvalue weighted by Crippen LogP contribution is 2.18. The third kappa shape index (κ3) is 5.76. The Kier molecular flexibility index (Phi) is 7.76. The average Bonchev–Trinajstić information content (AvgIpc) is 3.71. The monoisotopic (exact) mass is 508 g/mol. The van der Waals surface area contributed by atoms with Crippen LogP contribution in [0.25, 0.3) is 21.0 Å². The molecule has 0 atom stereocenters. The van der Waals surface area contributed by atoms with Crippen LogP contribution in [0.2, 0.25) is 0 Å². The van der Waals surface area contributed by atoms with Gasteiger partial charge in [-0.25, -0.2) is 29.5 Å². The van der Waals surface area contributed by atoms with Gasteiger partial charge in [-0.1, -0.05) is 23.1 Å². The lowest BCUT2D eigenvalue weighted by Crippen LogP contribution is -2.15. The van der Waals surface area contributed by atoms with E-state index in [1.54, 1.807) is 36.9 Å². The molecule has 5 heterocycles. The predicted molar refractivity (Wildman–Crippen MR) is 128 cm³/mol. The molecule has 0 aliphatic carbocycles. The van der Waals surface area contributed by atoms with Crippen molar-refractivity contribution in [1.29, 1.82) is 10.5 Å². The molecule has 18 nitrogen and oxygen atoms in total. The SMILES string of the molecule is O=C(n1ccnc1)n1ccnc1.[C-]#[N+]c1nc(N)c(N)nc1C#N.[C-]#[N+]c1nc2[nH]c(=O)[nH]c2nc1C#N. The van der Waals surface area contributed by atoms with Gasteiger partial charge in [0, 0.05) is 24.8 Å². The van der Waals surface area contributed by atoms with Crippen LogP contribution in [0.5, 0.6) is 0 Å². The molecule has 0 unspecified atom stereocenters. The maximum Gasteiger partial charge on any atom is 0.338 e. The van der Waals surface area contributed by atoms with E-state index in [-0.39, 0.29) is 52.0 Å². The van der Waals surface area contributed by atoms with Gasteiger partial charge in [0.2, 0.25) is 5.65 Å². The van der Waals surface area contributed by atoms with Crippen LogP contribution in [0.1, 0.15) is 11.4 Å². The van der Waals surface area contributed by atoms with Crippen LogP contribution in [-0.4, -0.2) is 55.0 Å². The Hall–Kier alpha value is -6.92. The van der Waals surface area contributed by atoms with Crippen molar-refractivity contribution >= 4 is 40.6 Å². The van der Waals surface area contributed by atoms with Crippen LogP contribution in [-0.2, 0) is 0 Å². The molecular formula is C20H12N16O2. The predicted octanol–water partition coefficient (Wildman–Crippen LogP) is 0.728. The number of nitrogens with zero attached hydrogens (tertiary/aromatic N) is 12. The Labute approximate surface area is 211 Å². The van der Waals surface area contributed by atoms with Crippen molar-refractivity contribution in [3.63, 3.8) is 0 Å². The fraction of sp³-hybridized carbons (Fsp3) is 0. The Morgan fingerprint density at radius 3 is 1.79 bits per heavy atom. The van der Waals surface area contributed by atoms with Gasteiger partial charge >= 0.3 is 23.4 Å². The van der Waals surface area contributed by atoms with Gasteiger partial charge in [-0.3, -0.25) is 19.1 Å². The highest BCUT2D eigenvalue weighted by Gasteiger charge is 2.12.